The van der Waals surface area contributed by atoms with E-state index in [1.807, 2.05) is 71.0 Å². The second-order valence-corrected chi connectivity index (χ2v) is 15.8. The first-order chi connectivity index (χ1) is 23.5. The van der Waals surface area contributed by atoms with Crippen molar-refractivity contribution >= 4 is 50.7 Å². The Bertz CT molecular complexity index is 1930. The smallest absolute Gasteiger partial charge is 0.264 e. The van der Waals surface area contributed by atoms with E-state index in [1.54, 1.807) is 30.3 Å². The number of methoxy groups -OCH3 is 2. The number of hydrogen-bond acceptors (Lipinski definition) is 6. The van der Waals surface area contributed by atoms with Crippen molar-refractivity contribution in [1.29, 1.82) is 0 Å². The number of rotatable bonds is 13. The van der Waals surface area contributed by atoms with E-state index < -0.39 is 40.0 Å². The van der Waals surface area contributed by atoms with Crippen LogP contribution in [0, 0.1) is 13.8 Å². The molecule has 0 bridgehead atoms. The third kappa shape index (κ3) is 9.71. The highest BCUT2D eigenvalue weighted by Gasteiger charge is 2.36. The molecule has 266 valence electrons. The Kier molecular flexibility index (Phi) is 12.5. The summed E-state index contributed by atoms with van der Waals surface area (Å²) in [7, 11) is -1.52. The van der Waals surface area contributed by atoms with Crippen LogP contribution in [0.3, 0.4) is 0 Å². The maximum atomic E-state index is 14.8. The van der Waals surface area contributed by atoms with Crippen molar-refractivity contribution in [3.05, 3.63) is 117 Å². The fourth-order valence-corrected chi connectivity index (χ4v) is 7.45. The molecule has 0 heterocycles. The zero-order valence-corrected chi connectivity index (χ0v) is 31.6. The number of anilines is 1. The van der Waals surface area contributed by atoms with Crippen LogP contribution in [0.5, 0.6) is 11.5 Å². The van der Waals surface area contributed by atoms with E-state index in [2.05, 4.69) is 5.32 Å². The third-order valence-corrected chi connectivity index (χ3v) is 10.2. The molecule has 9 nitrogen and oxygen atoms in total. The average molecular weight is 741 g/mol. The summed E-state index contributed by atoms with van der Waals surface area (Å²) in [6.07, 6.45) is 0.158. The number of amides is 2. The van der Waals surface area contributed by atoms with Gasteiger partial charge in [-0.1, -0.05) is 65.7 Å². The Morgan fingerprint density at radius 1 is 0.840 bits per heavy atom. The van der Waals surface area contributed by atoms with Gasteiger partial charge in [-0.15, -0.1) is 0 Å². The molecule has 0 aliphatic heterocycles. The van der Waals surface area contributed by atoms with E-state index in [0.717, 1.165) is 21.0 Å². The van der Waals surface area contributed by atoms with Crippen LogP contribution in [0.2, 0.25) is 10.0 Å². The molecule has 12 heteroatoms. The zero-order valence-electron chi connectivity index (χ0n) is 29.3. The molecule has 0 saturated heterocycles. The molecule has 0 aliphatic carbocycles. The third-order valence-electron chi connectivity index (χ3n) is 7.84. The van der Waals surface area contributed by atoms with Gasteiger partial charge in [0.15, 0.2) is 11.5 Å². The molecule has 0 radical (unpaired) electrons. The molecule has 2 amide bonds. The number of benzene rings is 4. The number of nitrogens with one attached hydrogen (secondary N) is 1. The number of nitrogens with zero attached hydrogens (tertiary/aromatic N) is 2. The van der Waals surface area contributed by atoms with Crippen molar-refractivity contribution in [1.82, 2.24) is 10.2 Å². The van der Waals surface area contributed by atoms with Crippen LogP contribution in [0.4, 0.5) is 5.69 Å². The quantitative estimate of drug-likeness (QED) is 0.154. The van der Waals surface area contributed by atoms with Gasteiger partial charge >= 0.3 is 0 Å². The Morgan fingerprint density at radius 3 is 2.06 bits per heavy atom. The first kappa shape index (κ1) is 38.6. The lowest BCUT2D eigenvalue weighted by molar-refractivity contribution is -0.140. The standard InChI is InChI=1S/C38H43Cl2N3O6S/c1-25-17-26(2)19-30(18-25)43(50(46,47)31-15-16-34(48-6)35(22-31)49-7)24-36(44)42(23-28-13-14-29(39)21-32(28)40)33(37(45)41-38(3,4)5)20-27-11-9-8-10-12-27/h8-19,21-22,33H,20,23-24H2,1-7H3,(H,41,45)/t33-/m1/s1. The summed E-state index contributed by atoms with van der Waals surface area (Å²) in [5, 5.41) is 3.73. The van der Waals surface area contributed by atoms with Crippen molar-refractivity contribution in [2.75, 3.05) is 25.1 Å². The molecule has 0 spiro atoms. The van der Waals surface area contributed by atoms with Gasteiger partial charge in [0, 0.05) is 34.6 Å². The van der Waals surface area contributed by atoms with Crippen molar-refractivity contribution in [3.63, 3.8) is 0 Å². The Balaban J connectivity index is 1.89. The van der Waals surface area contributed by atoms with Gasteiger partial charge in [-0.2, -0.15) is 0 Å². The Hall–Kier alpha value is -4.25. The van der Waals surface area contributed by atoms with Gasteiger partial charge in [-0.05, 0) is 93.3 Å². The number of carbonyl (C=O) groups is 2. The lowest BCUT2D eigenvalue weighted by Gasteiger charge is -2.35. The highest BCUT2D eigenvalue weighted by molar-refractivity contribution is 7.92. The molecule has 4 rings (SSSR count). The largest absolute Gasteiger partial charge is 0.493 e. The second kappa shape index (κ2) is 16.2. The van der Waals surface area contributed by atoms with Crippen LogP contribution < -0.4 is 19.1 Å². The van der Waals surface area contributed by atoms with Gasteiger partial charge in [0.05, 0.1) is 24.8 Å². The normalized spacial score (nSPS) is 12.2. The van der Waals surface area contributed by atoms with Gasteiger partial charge < -0.3 is 19.7 Å². The summed E-state index contributed by atoms with van der Waals surface area (Å²) in [5.74, 6) is -0.467. The van der Waals surface area contributed by atoms with E-state index in [-0.39, 0.29) is 29.3 Å². The molecule has 1 atom stereocenters. The lowest BCUT2D eigenvalue weighted by Crippen LogP contribution is -2.56. The summed E-state index contributed by atoms with van der Waals surface area (Å²) in [5.41, 5.74) is 2.61. The van der Waals surface area contributed by atoms with E-state index in [1.165, 1.54) is 37.3 Å². The van der Waals surface area contributed by atoms with Gasteiger partial charge in [0.2, 0.25) is 11.8 Å². The maximum absolute atomic E-state index is 14.8. The average Bonchev–Trinajstić information content (AvgIpc) is 3.04. The molecule has 50 heavy (non-hydrogen) atoms. The number of sulfonamides is 1. The summed E-state index contributed by atoms with van der Waals surface area (Å²) in [4.78, 5) is 30.2. The van der Waals surface area contributed by atoms with Crippen LogP contribution in [-0.4, -0.2) is 57.5 Å². The molecular weight excluding hydrogens is 697 g/mol. The van der Waals surface area contributed by atoms with Gasteiger partial charge in [0.1, 0.15) is 12.6 Å². The number of ether oxygens (including phenoxy) is 2. The SMILES string of the molecule is COc1ccc(S(=O)(=O)N(CC(=O)N(Cc2ccc(Cl)cc2Cl)[C@H](Cc2ccccc2)C(=O)NC(C)(C)C)c2cc(C)cc(C)c2)cc1OC. The number of carbonyl (C=O) groups excluding carboxylic acids is 2. The minimum absolute atomic E-state index is 0.0962. The van der Waals surface area contributed by atoms with E-state index in [9.17, 15) is 18.0 Å². The number of aryl methyl sites for hydroxylation is 2. The summed E-state index contributed by atoms with van der Waals surface area (Å²) in [6.45, 7) is 8.53. The van der Waals surface area contributed by atoms with Crippen LogP contribution in [0.15, 0.2) is 89.8 Å². The lowest BCUT2D eigenvalue weighted by atomic mass is 10.0. The molecular formula is C38H43Cl2N3O6S. The minimum Gasteiger partial charge on any atom is -0.493 e. The molecule has 0 fully saturated rings. The number of hydrogen-bond donors (Lipinski definition) is 1. The van der Waals surface area contributed by atoms with Crippen LogP contribution in [0.25, 0.3) is 0 Å². The Labute approximate surface area is 305 Å². The fraction of sp³-hybridized carbons (Fsp3) is 0.316. The second-order valence-electron chi connectivity index (χ2n) is 13.1. The van der Waals surface area contributed by atoms with E-state index in [0.29, 0.717) is 21.4 Å². The molecule has 0 aromatic heterocycles. The monoisotopic (exact) mass is 739 g/mol. The van der Waals surface area contributed by atoms with Crippen LogP contribution in [-0.2, 0) is 32.6 Å². The van der Waals surface area contributed by atoms with Crippen molar-refractivity contribution < 1.29 is 27.5 Å². The molecule has 1 N–H and O–H groups in total. The highest BCUT2D eigenvalue weighted by atomic mass is 35.5. The summed E-state index contributed by atoms with van der Waals surface area (Å²) >= 11 is 12.8. The molecule has 4 aromatic carbocycles. The van der Waals surface area contributed by atoms with Crippen LogP contribution >= 0.6 is 23.2 Å². The predicted octanol–water partition coefficient (Wildman–Crippen LogP) is 7.38. The van der Waals surface area contributed by atoms with Gasteiger partial charge in [-0.3, -0.25) is 13.9 Å². The molecule has 4 aromatic rings. The summed E-state index contributed by atoms with van der Waals surface area (Å²) in [6, 6.07) is 22.7. The number of halogens is 2. The Morgan fingerprint density at radius 2 is 1.48 bits per heavy atom. The van der Waals surface area contributed by atoms with Crippen molar-refractivity contribution in [3.8, 4) is 11.5 Å². The van der Waals surface area contributed by atoms with Crippen LogP contribution in [0.1, 0.15) is 43.0 Å². The molecule has 0 aliphatic rings. The van der Waals surface area contributed by atoms with Crippen molar-refractivity contribution in [2.45, 2.75) is 64.1 Å². The highest BCUT2D eigenvalue weighted by Crippen LogP contribution is 2.33. The molecule has 0 saturated carbocycles. The first-order valence-electron chi connectivity index (χ1n) is 15.9. The molecule has 0 unspecified atom stereocenters. The van der Waals surface area contributed by atoms with Crippen molar-refractivity contribution in [2.24, 2.45) is 0 Å². The van der Waals surface area contributed by atoms with E-state index >= 15 is 0 Å². The maximum Gasteiger partial charge on any atom is 0.264 e. The minimum atomic E-state index is -4.39. The summed E-state index contributed by atoms with van der Waals surface area (Å²) < 4.78 is 40.9. The zero-order chi connectivity index (χ0) is 36.8. The van der Waals surface area contributed by atoms with Gasteiger partial charge in [0.25, 0.3) is 10.0 Å². The topological polar surface area (TPSA) is 105 Å². The predicted molar refractivity (Wildman–Crippen MR) is 199 cm³/mol. The van der Waals surface area contributed by atoms with E-state index in [4.69, 9.17) is 32.7 Å². The first-order valence-corrected chi connectivity index (χ1v) is 18.1. The van der Waals surface area contributed by atoms with Gasteiger partial charge in [-0.25, -0.2) is 8.42 Å². The fourth-order valence-electron chi connectivity index (χ4n) is 5.57.